The highest BCUT2D eigenvalue weighted by atomic mass is 16.5. The molecule has 8 nitrogen and oxygen atoms in total. The number of hydrogen-bond acceptors (Lipinski definition) is 6. The zero-order valence-corrected chi connectivity index (χ0v) is 22.6. The van der Waals surface area contributed by atoms with Gasteiger partial charge >= 0.3 is 0 Å². The summed E-state index contributed by atoms with van der Waals surface area (Å²) in [5.41, 5.74) is 5.46. The quantitative estimate of drug-likeness (QED) is 0.261. The molecule has 3 heterocycles. The van der Waals surface area contributed by atoms with Crippen LogP contribution in [0.3, 0.4) is 0 Å². The molecule has 206 valence electrons. The van der Waals surface area contributed by atoms with Crippen molar-refractivity contribution in [1.29, 1.82) is 0 Å². The second kappa shape index (κ2) is 11.6. The van der Waals surface area contributed by atoms with Crippen LogP contribution in [0.2, 0.25) is 0 Å². The van der Waals surface area contributed by atoms with Crippen LogP contribution in [-0.4, -0.2) is 28.2 Å². The van der Waals surface area contributed by atoms with Crippen LogP contribution in [0.4, 0.5) is 0 Å². The van der Waals surface area contributed by atoms with Crippen molar-refractivity contribution in [2.24, 2.45) is 0 Å². The number of nitrogens with one attached hydrogen (secondary N) is 1. The molecule has 1 aliphatic rings. The fourth-order valence-electron chi connectivity index (χ4n) is 5.14. The van der Waals surface area contributed by atoms with E-state index in [1.807, 2.05) is 78.6 Å². The topological polar surface area (TPSA) is 97.8 Å². The minimum atomic E-state index is -0.319. The number of aryl methyl sites for hydroxylation is 1. The Morgan fingerprint density at radius 2 is 1.88 bits per heavy atom. The van der Waals surface area contributed by atoms with Crippen molar-refractivity contribution in [3.8, 4) is 5.75 Å². The molecule has 0 bridgehead atoms. The molecule has 2 aromatic heterocycles. The van der Waals surface area contributed by atoms with Crippen molar-refractivity contribution in [2.45, 2.75) is 32.5 Å². The van der Waals surface area contributed by atoms with E-state index < -0.39 is 0 Å². The van der Waals surface area contributed by atoms with Gasteiger partial charge in [-0.1, -0.05) is 66.2 Å². The minimum absolute atomic E-state index is 0.0505. The second-order valence-corrected chi connectivity index (χ2v) is 9.99. The Labute approximate surface area is 237 Å². The Kier molecular flexibility index (Phi) is 7.36. The third kappa shape index (κ3) is 5.77. The number of rotatable bonds is 8. The third-order valence-corrected chi connectivity index (χ3v) is 7.14. The Balaban J connectivity index is 1.19. The minimum Gasteiger partial charge on any atom is -0.484 e. The molecule has 0 unspecified atom stereocenters. The summed E-state index contributed by atoms with van der Waals surface area (Å²) in [7, 11) is 0. The SMILES string of the molecule is Cc1cccc([C@@H]2c3cc(OCc4nc(C(=O)NCc5ccccc5)co4)ccc3CCN2C(=O)c2ccco2)c1. The molecule has 3 aromatic carbocycles. The number of amides is 2. The fourth-order valence-corrected chi connectivity index (χ4v) is 5.14. The van der Waals surface area contributed by atoms with Gasteiger partial charge in [0.25, 0.3) is 11.8 Å². The maximum atomic E-state index is 13.5. The first-order valence-corrected chi connectivity index (χ1v) is 13.5. The summed E-state index contributed by atoms with van der Waals surface area (Å²) in [4.78, 5) is 32.1. The normalized spacial score (nSPS) is 14.4. The molecule has 0 spiro atoms. The van der Waals surface area contributed by atoms with Gasteiger partial charge in [-0.25, -0.2) is 4.98 Å². The standard InChI is InChI=1S/C33H29N3O5/c1-22-7-5-10-25(17-22)31-27-18-26(13-12-24(27)14-15-36(31)33(38)29-11-6-16-39-29)40-21-30-35-28(20-41-30)32(37)34-19-23-8-3-2-4-9-23/h2-13,16-18,20,31H,14-15,19,21H2,1H3,(H,34,37)/t31-/m1/s1. The highest BCUT2D eigenvalue weighted by molar-refractivity contribution is 5.92. The van der Waals surface area contributed by atoms with Crippen LogP contribution >= 0.6 is 0 Å². The number of carbonyl (C=O) groups excluding carboxylic acids is 2. The van der Waals surface area contributed by atoms with Gasteiger partial charge in [-0.15, -0.1) is 0 Å². The average Bonchev–Trinajstić information content (AvgIpc) is 3.71. The van der Waals surface area contributed by atoms with Crippen LogP contribution in [0.1, 0.15) is 60.8 Å². The number of aromatic nitrogens is 1. The van der Waals surface area contributed by atoms with E-state index in [-0.39, 0.29) is 36.0 Å². The number of furan rings is 1. The summed E-state index contributed by atoms with van der Waals surface area (Å²) in [6, 6.07) is 26.9. The van der Waals surface area contributed by atoms with Crippen LogP contribution in [0, 0.1) is 6.92 Å². The Hall–Kier alpha value is -5.11. The smallest absolute Gasteiger partial charge is 0.290 e. The molecule has 0 saturated carbocycles. The highest BCUT2D eigenvalue weighted by Crippen LogP contribution is 2.38. The summed E-state index contributed by atoms with van der Waals surface area (Å²) in [6.07, 6.45) is 3.56. The van der Waals surface area contributed by atoms with Crippen LogP contribution < -0.4 is 10.1 Å². The van der Waals surface area contributed by atoms with Gasteiger partial charge in [0, 0.05) is 13.1 Å². The van der Waals surface area contributed by atoms with Crippen molar-refractivity contribution in [2.75, 3.05) is 6.54 Å². The molecular weight excluding hydrogens is 518 g/mol. The lowest BCUT2D eigenvalue weighted by Crippen LogP contribution is -2.40. The largest absolute Gasteiger partial charge is 0.484 e. The summed E-state index contributed by atoms with van der Waals surface area (Å²) < 4.78 is 17.0. The first-order chi connectivity index (χ1) is 20.0. The molecular formula is C33H29N3O5. The molecule has 0 aliphatic carbocycles. The summed E-state index contributed by atoms with van der Waals surface area (Å²) >= 11 is 0. The van der Waals surface area contributed by atoms with Crippen LogP contribution in [0.25, 0.3) is 0 Å². The Bertz CT molecular complexity index is 1660. The first kappa shape index (κ1) is 26.1. The lowest BCUT2D eigenvalue weighted by atomic mass is 9.87. The molecule has 41 heavy (non-hydrogen) atoms. The van der Waals surface area contributed by atoms with Crippen LogP contribution in [0.15, 0.2) is 106 Å². The van der Waals surface area contributed by atoms with Crippen LogP contribution in [-0.2, 0) is 19.6 Å². The maximum Gasteiger partial charge on any atom is 0.290 e. The van der Waals surface area contributed by atoms with Crippen molar-refractivity contribution in [1.82, 2.24) is 15.2 Å². The Morgan fingerprint density at radius 1 is 1.00 bits per heavy atom. The first-order valence-electron chi connectivity index (χ1n) is 13.5. The monoisotopic (exact) mass is 547 g/mol. The Morgan fingerprint density at radius 3 is 2.68 bits per heavy atom. The number of benzene rings is 3. The molecule has 5 aromatic rings. The molecule has 6 rings (SSSR count). The van der Waals surface area contributed by atoms with Gasteiger partial charge in [-0.2, -0.15) is 0 Å². The predicted octanol–water partition coefficient (Wildman–Crippen LogP) is 5.87. The van der Waals surface area contributed by atoms with Gasteiger partial charge in [0.05, 0.1) is 12.3 Å². The average molecular weight is 548 g/mol. The summed E-state index contributed by atoms with van der Waals surface area (Å²) in [5, 5.41) is 2.84. The second-order valence-electron chi connectivity index (χ2n) is 9.99. The van der Waals surface area contributed by atoms with Crippen molar-refractivity contribution < 1.29 is 23.2 Å². The van der Waals surface area contributed by atoms with E-state index in [4.69, 9.17) is 13.6 Å². The number of nitrogens with zero attached hydrogens (tertiary/aromatic N) is 2. The molecule has 0 saturated heterocycles. The summed E-state index contributed by atoms with van der Waals surface area (Å²) in [5.74, 6) is 0.738. The zero-order valence-electron chi connectivity index (χ0n) is 22.6. The summed E-state index contributed by atoms with van der Waals surface area (Å²) in [6.45, 7) is 3.05. The number of ether oxygens (including phenoxy) is 1. The third-order valence-electron chi connectivity index (χ3n) is 7.14. The van der Waals surface area contributed by atoms with Crippen LogP contribution in [0.5, 0.6) is 5.75 Å². The van der Waals surface area contributed by atoms with E-state index in [0.717, 1.165) is 27.8 Å². The van der Waals surface area contributed by atoms with E-state index in [1.54, 1.807) is 12.1 Å². The van der Waals surface area contributed by atoms with Crippen molar-refractivity contribution in [3.63, 3.8) is 0 Å². The van der Waals surface area contributed by atoms with Gasteiger partial charge in [-0.05, 0) is 59.9 Å². The van der Waals surface area contributed by atoms with E-state index in [1.165, 1.54) is 12.5 Å². The predicted molar refractivity (Wildman–Crippen MR) is 151 cm³/mol. The number of oxazole rings is 1. The van der Waals surface area contributed by atoms with E-state index in [2.05, 4.69) is 16.4 Å². The molecule has 0 fully saturated rings. The highest BCUT2D eigenvalue weighted by Gasteiger charge is 2.34. The van der Waals surface area contributed by atoms with E-state index >= 15 is 0 Å². The van der Waals surface area contributed by atoms with E-state index in [0.29, 0.717) is 31.0 Å². The molecule has 1 N–H and O–H groups in total. The number of fused-ring (bicyclic) bond motifs is 1. The molecule has 2 amide bonds. The lowest BCUT2D eigenvalue weighted by Gasteiger charge is -2.37. The van der Waals surface area contributed by atoms with Gasteiger partial charge in [0.2, 0.25) is 5.89 Å². The molecule has 8 heteroatoms. The fraction of sp³-hybridized carbons (Fsp3) is 0.182. The van der Waals surface area contributed by atoms with Crippen molar-refractivity contribution >= 4 is 11.8 Å². The number of carbonyl (C=O) groups is 2. The number of hydrogen-bond donors (Lipinski definition) is 1. The van der Waals surface area contributed by atoms with Gasteiger partial charge < -0.3 is 23.8 Å². The van der Waals surface area contributed by atoms with Crippen molar-refractivity contribution in [3.05, 3.63) is 143 Å². The van der Waals surface area contributed by atoms with Gasteiger partial charge in [0.1, 0.15) is 12.0 Å². The maximum absolute atomic E-state index is 13.5. The van der Waals surface area contributed by atoms with Gasteiger partial charge in [-0.3, -0.25) is 9.59 Å². The lowest BCUT2D eigenvalue weighted by molar-refractivity contribution is 0.0661. The molecule has 1 atom stereocenters. The van der Waals surface area contributed by atoms with E-state index in [9.17, 15) is 9.59 Å². The molecule has 1 aliphatic heterocycles. The zero-order chi connectivity index (χ0) is 28.2. The molecule has 0 radical (unpaired) electrons. The van der Waals surface area contributed by atoms with Gasteiger partial charge in [0.15, 0.2) is 18.1 Å².